The highest BCUT2D eigenvalue weighted by Gasteiger charge is 2.26. The zero-order chi connectivity index (χ0) is 14.9. The van der Waals surface area contributed by atoms with Crippen LogP contribution in [-0.2, 0) is 6.54 Å². The van der Waals surface area contributed by atoms with Gasteiger partial charge in [-0.25, -0.2) is 4.98 Å². The maximum atomic E-state index is 5.26. The first-order valence-corrected chi connectivity index (χ1v) is 8.41. The lowest BCUT2D eigenvalue weighted by Gasteiger charge is -2.08. The maximum Gasteiger partial charge on any atom is 0.119 e. The molecule has 3 aromatic rings. The van der Waals surface area contributed by atoms with Crippen molar-refractivity contribution in [1.82, 2.24) is 4.98 Å². The first-order chi connectivity index (χ1) is 10.8. The minimum absolute atomic E-state index is 0.727. The Morgan fingerprint density at radius 1 is 1.23 bits per heavy atom. The lowest BCUT2D eigenvalue weighted by molar-refractivity contribution is 0.414. The van der Waals surface area contributed by atoms with Crippen LogP contribution in [0.25, 0.3) is 10.2 Å². The summed E-state index contributed by atoms with van der Waals surface area (Å²) in [5, 5.41) is 4.79. The van der Waals surface area contributed by atoms with Gasteiger partial charge in [0.05, 0.1) is 22.3 Å². The summed E-state index contributed by atoms with van der Waals surface area (Å²) in [7, 11) is 1.70. The Morgan fingerprint density at radius 3 is 2.95 bits per heavy atom. The molecule has 0 radical (unpaired) electrons. The zero-order valence-electron chi connectivity index (χ0n) is 12.5. The van der Waals surface area contributed by atoms with Crippen LogP contribution < -0.4 is 10.1 Å². The molecule has 0 amide bonds. The van der Waals surface area contributed by atoms with Crippen molar-refractivity contribution in [2.75, 3.05) is 12.4 Å². The molecule has 1 aliphatic carbocycles. The lowest BCUT2D eigenvalue weighted by Crippen LogP contribution is -1.99. The van der Waals surface area contributed by atoms with E-state index in [-0.39, 0.29) is 0 Å². The Balaban J connectivity index is 1.50. The van der Waals surface area contributed by atoms with Gasteiger partial charge in [-0.1, -0.05) is 12.1 Å². The number of anilines is 1. The first kappa shape index (κ1) is 13.6. The third-order valence-electron chi connectivity index (χ3n) is 3.96. The molecule has 1 aliphatic rings. The van der Waals surface area contributed by atoms with E-state index in [9.17, 15) is 0 Å². The molecule has 22 heavy (non-hydrogen) atoms. The predicted octanol–water partition coefficient (Wildman–Crippen LogP) is 4.79. The highest BCUT2D eigenvalue weighted by atomic mass is 32.1. The summed E-state index contributed by atoms with van der Waals surface area (Å²) in [5.74, 6) is 1.62. The molecule has 1 aromatic heterocycles. The molecule has 1 N–H and O–H groups in total. The highest BCUT2D eigenvalue weighted by Crippen LogP contribution is 2.43. The average molecular weight is 310 g/mol. The fourth-order valence-electron chi connectivity index (χ4n) is 2.54. The molecule has 1 heterocycles. The largest absolute Gasteiger partial charge is 0.497 e. The Bertz CT molecular complexity index is 808. The van der Waals surface area contributed by atoms with Crippen LogP contribution in [0.4, 0.5) is 5.69 Å². The van der Waals surface area contributed by atoms with Gasteiger partial charge < -0.3 is 10.1 Å². The molecule has 1 fully saturated rings. The molecule has 0 bridgehead atoms. The van der Waals surface area contributed by atoms with Gasteiger partial charge in [-0.2, -0.15) is 0 Å². The van der Waals surface area contributed by atoms with Crippen LogP contribution >= 0.6 is 11.3 Å². The van der Waals surface area contributed by atoms with Crippen molar-refractivity contribution in [1.29, 1.82) is 0 Å². The third kappa shape index (κ3) is 2.79. The van der Waals surface area contributed by atoms with Crippen molar-refractivity contribution in [2.24, 2.45) is 0 Å². The number of fused-ring (bicyclic) bond motifs is 1. The number of hydrogen-bond acceptors (Lipinski definition) is 4. The number of aromatic nitrogens is 1. The second-order valence-electron chi connectivity index (χ2n) is 5.71. The van der Waals surface area contributed by atoms with Crippen LogP contribution in [0.15, 0.2) is 42.5 Å². The monoisotopic (exact) mass is 310 g/mol. The predicted molar refractivity (Wildman–Crippen MR) is 91.9 cm³/mol. The summed E-state index contributed by atoms with van der Waals surface area (Å²) in [6.07, 6.45) is 2.61. The molecule has 0 saturated heterocycles. The Morgan fingerprint density at radius 2 is 2.14 bits per heavy atom. The van der Waals surface area contributed by atoms with Crippen molar-refractivity contribution >= 4 is 27.2 Å². The van der Waals surface area contributed by atoms with Gasteiger partial charge in [0.25, 0.3) is 0 Å². The minimum atomic E-state index is 0.727. The Kier molecular flexibility index (Phi) is 3.47. The molecular formula is C18H18N2OS. The van der Waals surface area contributed by atoms with E-state index in [0.29, 0.717) is 0 Å². The van der Waals surface area contributed by atoms with E-state index in [4.69, 9.17) is 9.72 Å². The highest BCUT2D eigenvalue weighted by molar-refractivity contribution is 7.18. The van der Waals surface area contributed by atoms with Gasteiger partial charge in [0.15, 0.2) is 0 Å². The van der Waals surface area contributed by atoms with Crippen molar-refractivity contribution in [3.05, 3.63) is 53.0 Å². The number of hydrogen-bond donors (Lipinski definition) is 1. The van der Waals surface area contributed by atoms with Gasteiger partial charge in [-0.15, -0.1) is 11.3 Å². The molecule has 1 saturated carbocycles. The smallest absolute Gasteiger partial charge is 0.119 e. The van der Waals surface area contributed by atoms with E-state index >= 15 is 0 Å². The number of ether oxygens (including phenoxy) is 1. The average Bonchev–Trinajstić information content (AvgIpc) is 3.32. The van der Waals surface area contributed by atoms with Gasteiger partial charge in [0.1, 0.15) is 5.75 Å². The van der Waals surface area contributed by atoms with Crippen molar-refractivity contribution < 1.29 is 4.74 Å². The number of rotatable bonds is 5. The quantitative estimate of drug-likeness (QED) is 0.735. The molecule has 4 heteroatoms. The topological polar surface area (TPSA) is 34.1 Å². The summed E-state index contributed by atoms with van der Waals surface area (Å²) in [4.78, 5) is 4.73. The summed E-state index contributed by atoms with van der Waals surface area (Å²) in [6, 6.07) is 14.6. The van der Waals surface area contributed by atoms with Gasteiger partial charge in [-0.3, -0.25) is 0 Å². The zero-order valence-corrected chi connectivity index (χ0v) is 13.3. The second kappa shape index (κ2) is 5.61. The molecule has 0 unspecified atom stereocenters. The van der Waals surface area contributed by atoms with E-state index in [1.54, 1.807) is 7.11 Å². The molecule has 0 atom stereocenters. The standard InChI is InChI=1S/C18H18N2OS/c1-21-15-4-2-3-12(9-15)11-19-14-7-8-16-17(10-14)22-18(20-16)13-5-6-13/h2-4,7-10,13,19H,5-6,11H2,1H3. The summed E-state index contributed by atoms with van der Waals surface area (Å²) in [6.45, 7) is 0.789. The molecule has 112 valence electrons. The number of methoxy groups -OCH3 is 1. The van der Waals surface area contributed by atoms with Crippen LogP contribution in [0.1, 0.15) is 29.3 Å². The third-order valence-corrected chi connectivity index (χ3v) is 5.14. The fraction of sp³-hybridized carbons (Fsp3) is 0.278. The second-order valence-corrected chi connectivity index (χ2v) is 6.78. The lowest BCUT2D eigenvalue weighted by atomic mass is 10.2. The normalized spacial score (nSPS) is 14.2. The summed E-state index contributed by atoms with van der Waals surface area (Å²) < 4.78 is 6.54. The molecule has 2 aromatic carbocycles. The Labute approximate surface area is 134 Å². The fourth-order valence-corrected chi connectivity index (χ4v) is 3.72. The molecular weight excluding hydrogens is 292 g/mol. The maximum absolute atomic E-state index is 5.26. The van der Waals surface area contributed by atoms with Crippen LogP contribution in [0.5, 0.6) is 5.75 Å². The summed E-state index contributed by atoms with van der Waals surface area (Å²) >= 11 is 1.84. The van der Waals surface area contributed by atoms with Crippen LogP contribution in [-0.4, -0.2) is 12.1 Å². The molecule has 4 rings (SSSR count). The van der Waals surface area contributed by atoms with Crippen molar-refractivity contribution in [3.63, 3.8) is 0 Å². The minimum Gasteiger partial charge on any atom is -0.497 e. The van der Waals surface area contributed by atoms with Gasteiger partial charge in [0.2, 0.25) is 0 Å². The van der Waals surface area contributed by atoms with E-state index in [2.05, 4.69) is 35.6 Å². The van der Waals surface area contributed by atoms with E-state index < -0.39 is 0 Å². The van der Waals surface area contributed by atoms with Crippen LogP contribution in [0.2, 0.25) is 0 Å². The van der Waals surface area contributed by atoms with E-state index in [1.165, 1.54) is 28.1 Å². The number of thiazole rings is 1. The van der Waals surface area contributed by atoms with E-state index in [1.807, 2.05) is 23.5 Å². The molecule has 0 spiro atoms. The molecule has 0 aliphatic heterocycles. The van der Waals surface area contributed by atoms with Gasteiger partial charge >= 0.3 is 0 Å². The SMILES string of the molecule is COc1cccc(CNc2ccc3nc(C4CC4)sc3c2)c1. The van der Waals surface area contributed by atoms with Gasteiger partial charge in [-0.05, 0) is 48.7 Å². The number of nitrogens with zero attached hydrogens (tertiary/aromatic N) is 1. The first-order valence-electron chi connectivity index (χ1n) is 7.59. The van der Waals surface area contributed by atoms with Crippen LogP contribution in [0, 0.1) is 0 Å². The van der Waals surface area contributed by atoms with E-state index in [0.717, 1.165) is 29.4 Å². The van der Waals surface area contributed by atoms with Gasteiger partial charge in [0, 0.05) is 18.2 Å². The van der Waals surface area contributed by atoms with Crippen LogP contribution in [0.3, 0.4) is 0 Å². The van der Waals surface area contributed by atoms with Crippen molar-refractivity contribution in [3.8, 4) is 5.75 Å². The Hall–Kier alpha value is -2.07. The summed E-state index contributed by atoms with van der Waals surface area (Å²) in [5.41, 5.74) is 3.47. The van der Waals surface area contributed by atoms with Crippen molar-refractivity contribution in [2.45, 2.75) is 25.3 Å². The molecule has 3 nitrogen and oxygen atoms in total. The number of nitrogens with one attached hydrogen (secondary N) is 1. The number of benzene rings is 2.